The molecule has 138 valence electrons. The van der Waals surface area contributed by atoms with Crippen LogP contribution in [0.1, 0.15) is 6.92 Å². The predicted octanol–water partition coefficient (Wildman–Crippen LogP) is 2.73. The lowest BCUT2D eigenvalue weighted by Crippen LogP contribution is -2.36. The molecule has 0 aliphatic carbocycles. The standard InChI is InChI=1S/C19H22FN3O3/c1-3-26-17-10-5-4-9-16(17)22-19(25)13-23(2)12-18(24)21-15-8-6-7-14(20)11-15/h4-11H,3,12-13H2,1-2H3,(H,21,24)(H,22,25). The number of nitrogens with zero attached hydrogens (tertiary/aromatic N) is 1. The quantitative estimate of drug-likeness (QED) is 0.760. The minimum atomic E-state index is -0.427. The number of halogens is 1. The summed E-state index contributed by atoms with van der Waals surface area (Å²) in [6, 6.07) is 12.8. The van der Waals surface area contributed by atoms with Crippen LogP contribution in [0.4, 0.5) is 15.8 Å². The summed E-state index contributed by atoms with van der Waals surface area (Å²) in [5.41, 5.74) is 0.954. The van der Waals surface area contributed by atoms with E-state index < -0.39 is 5.82 Å². The zero-order chi connectivity index (χ0) is 18.9. The average molecular weight is 359 g/mol. The Balaban J connectivity index is 1.84. The molecule has 0 aliphatic heterocycles. The van der Waals surface area contributed by atoms with Crippen LogP contribution in [0, 0.1) is 5.82 Å². The number of anilines is 2. The normalized spacial score (nSPS) is 10.5. The van der Waals surface area contributed by atoms with Gasteiger partial charge < -0.3 is 15.4 Å². The fourth-order valence-corrected chi connectivity index (χ4v) is 2.35. The van der Waals surface area contributed by atoms with Crippen molar-refractivity contribution < 1.29 is 18.7 Å². The van der Waals surface area contributed by atoms with Crippen LogP contribution in [-0.4, -0.2) is 43.5 Å². The van der Waals surface area contributed by atoms with Gasteiger partial charge >= 0.3 is 0 Å². The number of hydrogen-bond acceptors (Lipinski definition) is 4. The lowest BCUT2D eigenvalue weighted by molar-refractivity contribution is -0.119. The molecule has 2 aromatic rings. The summed E-state index contributed by atoms with van der Waals surface area (Å²) < 4.78 is 18.6. The molecule has 0 bridgehead atoms. The Morgan fingerprint density at radius 2 is 1.73 bits per heavy atom. The van der Waals surface area contributed by atoms with Crippen molar-refractivity contribution in [3.63, 3.8) is 0 Å². The van der Waals surface area contributed by atoms with Crippen LogP contribution in [0.25, 0.3) is 0 Å². The number of benzene rings is 2. The summed E-state index contributed by atoms with van der Waals surface area (Å²) in [6.07, 6.45) is 0. The third kappa shape index (κ3) is 6.18. The van der Waals surface area contributed by atoms with E-state index in [0.717, 1.165) is 0 Å². The minimum Gasteiger partial charge on any atom is -0.492 e. The van der Waals surface area contributed by atoms with Gasteiger partial charge in [-0.3, -0.25) is 14.5 Å². The number of ether oxygens (including phenoxy) is 1. The molecule has 0 unspecified atom stereocenters. The van der Waals surface area contributed by atoms with Crippen LogP contribution in [0.2, 0.25) is 0 Å². The Morgan fingerprint density at radius 1 is 1.04 bits per heavy atom. The number of carbonyl (C=O) groups is 2. The third-order valence-corrected chi connectivity index (χ3v) is 3.40. The maximum atomic E-state index is 13.1. The molecule has 0 atom stereocenters. The van der Waals surface area contributed by atoms with Crippen molar-refractivity contribution in [2.24, 2.45) is 0 Å². The lowest BCUT2D eigenvalue weighted by atomic mass is 10.3. The van der Waals surface area contributed by atoms with Crippen LogP contribution in [0.3, 0.4) is 0 Å². The van der Waals surface area contributed by atoms with Crippen molar-refractivity contribution in [2.75, 3.05) is 37.4 Å². The summed E-state index contributed by atoms with van der Waals surface area (Å²) in [7, 11) is 1.65. The number of nitrogens with one attached hydrogen (secondary N) is 2. The zero-order valence-electron chi connectivity index (χ0n) is 14.8. The van der Waals surface area contributed by atoms with Crippen molar-refractivity contribution >= 4 is 23.2 Å². The molecule has 0 radical (unpaired) electrons. The molecular weight excluding hydrogens is 337 g/mol. The van der Waals surface area contributed by atoms with Gasteiger partial charge in [0.2, 0.25) is 11.8 Å². The summed E-state index contributed by atoms with van der Waals surface area (Å²) in [6.45, 7) is 2.38. The highest BCUT2D eigenvalue weighted by Gasteiger charge is 2.13. The number of hydrogen-bond donors (Lipinski definition) is 2. The van der Waals surface area contributed by atoms with E-state index in [0.29, 0.717) is 23.7 Å². The topological polar surface area (TPSA) is 70.7 Å². The second-order valence-corrected chi connectivity index (χ2v) is 5.71. The molecule has 2 amide bonds. The summed E-state index contributed by atoms with van der Waals surface area (Å²) in [5.74, 6) is -0.433. The lowest BCUT2D eigenvalue weighted by Gasteiger charge is -2.17. The maximum absolute atomic E-state index is 13.1. The fraction of sp³-hybridized carbons (Fsp3) is 0.263. The molecule has 0 spiro atoms. The number of rotatable bonds is 8. The Morgan fingerprint density at radius 3 is 2.42 bits per heavy atom. The minimum absolute atomic E-state index is 0.00294. The molecule has 0 saturated heterocycles. The summed E-state index contributed by atoms with van der Waals surface area (Å²) in [5, 5.41) is 5.36. The monoisotopic (exact) mass is 359 g/mol. The average Bonchev–Trinajstić information content (AvgIpc) is 2.56. The van der Waals surface area contributed by atoms with E-state index >= 15 is 0 Å². The highest BCUT2D eigenvalue weighted by atomic mass is 19.1. The SMILES string of the molecule is CCOc1ccccc1NC(=O)CN(C)CC(=O)Nc1cccc(F)c1. The Labute approximate surface area is 152 Å². The number of likely N-dealkylation sites (N-methyl/N-ethyl adjacent to an activating group) is 1. The van der Waals surface area contributed by atoms with Gasteiger partial charge in [0.25, 0.3) is 0 Å². The van der Waals surface area contributed by atoms with Crippen LogP contribution in [0.5, 0.6) is 5.75 Å². The summed E-state index contributed by atoms with van der Waals surface area (Å²) >= 11 is 0. The molecule has 0 heterocycles. The van der Waals surface area contributed by atoms with E-state index in [1.165, 1.54) is 18.2 Å². The van der Waals surface area contributed by atoms with Gasteiger partial charge in [-0.1, -0.05) is 18.2 Å². The molecule has 6 nitrogen and oxygen atoms in total. The van der Waals surface area contributed by atoms with Crippen molar-refractivity contribution in [1.29, 1.82) is 0 Å². The second kappa shape index (κ2) is 9.53. The van der Waals surface area contributed by atoms with E-state index in [1.807, 2.05) is 13.0 Å². The van der Waals surface area contributed by atoms with Crippen molar-refractivity contribution in [3.8, 4) is 5.75 Å². The first-order valence-corrected chi connectivity index (χ1v) is 8.23. The van der Waals surface area contributed by atoms with E-state index in [9.17, 15) is 14.0 Å². The molecular formula is C19H22FN3O3. The van der Waals surface area contributed by atoms with Crippen LogP contribution >= 0.6 is 0 Å². The molecule has 0 saturated carbocycles. The van der Waals surface area contributed by atoms with Gasteiger partial charge in [0, 0.05) is 5.69 Å². The first-order valence-electron chi connectivity index (χ1n) is 8.23. The van der Waals surface area contributed by atoms with Gasteiger partial charge in [-0.2, -0.15) is 0 Å². The second-order valence-electron chi connectivity index (χ2n) is 5.71. The fourth-order valence-electron chi connectivity index (χ4n) is 2.35. The first-order chi connectivity index (χ1) is 12.5. The van der Waals surface area contributed by atoms with Crippen molar-refractivity contribution in [3.05, 3.63) is 54.3 Å². The Bertz CT molecular complexity index is 767. The van der Waals surface area contributed by atoms with Gasteiger partial charge in [-0.15, -0.1) is 0 Å². The number of para-hydroxylation sites is 2. The molecule has 0 aliphatic rings. The molecule has 2 aromatic carbocycles. The van der Waals surface area contributed by atoms with Gasteiger partial charge in [-0.25, -0.2) is 4.39 Å². The smallest absolute Gasteiger partial charge is 0.238 e. The molecule has 26 heavy (non-hydrogen) atoms. The van der Waals surface area contributed by atoms with Crippen molar-refractivity contribution in [1.82, 2.24) is 4.90 Å². The number of carbonyl (C=O) groups excluding carboxylic acids is 2. The third-order valence-electron chi connectivity index (χ3n) is 3.40. The largest absolute Gasteiger partial charge is 0.492 e. The molecule has 0 aromatic heterocycles. The Hall–Kier alpha value is -2.93. The zero-order valence-corrected chi connectivity index (χ0v) is 14.8. The van der Waals surface area contributed by atoms with Crippen LogP contribution < -0.4 is 15.4 Å². The van der Waals surface area contributed by atoms with Gasteiger partial charge in [0.05, 0.1) is 25.4 Å². The van der Waals surface area contributed by atoms with Gasteiger partial charge in [-0.05, 0) is 44.3 Å². The van der Waals surface area contributed by atoms with E-state index in [2.05, 4.69) is 10.6 Å². The van der Waals surface area contributed by atoms with Gasteiger partial charge in [0.15, 0.2) is 0 Å². The molecule has 7 heteroatoms. The van der Waals surface area contributed by atoms with Crippen LogP contribution in [-0.2, 0) is 9.59 Å². The van der Waals surface area contributed by atoms with E-state index in [1.54, 1.807) is 36.2 Å². The van der Waals surface area contributed by atoms with Crippen molar-refractivity contribution in [2.45, 2.75) is 6.92 Å². The summed E-state index contributed by atoms with van der Waals surface area (Å²) in [4.78, 5) is 25.7. The molecule has 2 rings (SSSR count). The highest BCUT2D eigenvalue weighted by molar-refractivity contribution is 5.95. The predicted molar refractivity (Wildman–Crippen MR) is 98.8 cm³/mol. The van der Waals surface area contributed by atoms with Gasteiger partial charge in [0.1, 0.15) is 11.6 Å². The van der Waals surface area contributed by atoms with Crippen LogP contribution in [0.15, 0.2) is 48.5 Å². The highest BCUT2D eigenvalue weighted by Crippen LogP contribution is 2.23. The molecule has 2 N–H and O–H groups in total. The Kier molecular flexibility index (Phi) is 7.11. The number of amides is 2. The first kappa shape index (κ1) is 19.4. The molecule has 0 fully saturated rings. The van der Waals surface area contributed by atoms with E-state index in [-0.39, 0.29) is 24.9 Å². The maximum Gasteiger partial charge on any atom is 0.238 e. The van der Waals surface area contributed by atoms with E-state index in [4.69, 9.17) is 4.74 Å².